The van der Waals surface area contributed by atoms with Gasteiger partial charge >= 0.3 is 23.5 Å². The number of ether oxygens (including phenoxy) is 1. The molecular formula is C17H31N6O13P3. The summed E-state index contributed by atoms with van der Waals surface area (Å²) in [5, 5.41) is 27.2. The van der Waals surface area contributed by atoms with Crippen LogP contribution in [0.4, 0.5) is 5.82 Å². The van der Waals surface area contributed by atoms with Gasteiger partial charge in [0, 0.05) is 6.54 Å². The zero-order valence-electron chi connectivity index (χ0n) is 20.6. The molecule has 2 aromatic heterocycles. The van der Waals surface area contributed by atoms with Gasteiger partial charge in [0.25, 0.3) is 0 Å². The second-order valence-corrected chi connectivity index (χ2v) is 12.8. The zero-order chi connectivity index (χ0) is 28.8. The molecule has 1 aliphatic heterocycles. The van der Waals surface area contributed by atoms with Crippen molar-refractivity contribution >= 4 is 40.4 Å². The third-order valence-electron chi connectivity index (χ3n) is 5.43. The molecule has 0 amide bonds. The van der Waals surface area contributed by atoms with Crippen LogP contribution >= 0.6 is 23.5 Å². The normalized spacial score (nSPS) is 25.0. The number of hydrogen-bond acceptors (Lipinski definition) is 14. The maximum atomic E-state index is 12.0. The minimum absolute atomic E-state index is 0.256. The highest BCUT2D eigenvalue weighted by molar-refractivity contribution is 7.66. The summed E-state index contributed by atoms with van der Waals surface area (Å²) in [6, 6.07) is 0. The van der Waals surface area contributed by atoms with Gasteiger partial charge in [-0.25, -0.2) is 28.6 Å². The Kier molecular flexibility index (Phi) is 11.1. The van der Waals surface area contributed by atoms with Crippen molar-refractivity contribution in [3.05, 3.63) is 12.7 Å². The molecule has 19 nitrogen and oxygen atoms in total. The van der Waals surface area contributed by atoms with E-state index in [1.54, 1.807) is 0 Å². The predicted molar refractivity (Wildman–Crippen MR) is 132 cm³/mol. The number of nitrogens with zero attached hydrogens (tertiary/aromatic N) is 4. The highest BCUT2D eigenvalue weighted by Crippen LogP contribution is 2.66. The molecule has 3 rings (SSSR count). The summed E-state index contributed by atoms with van der Waals surface area (Å²) in [5.74, 6) is 0.450. The minimum atomic E-state index is -5.71. The van der Waals surface area contributed by atoms with Crippen LogP contribution in [0.5, 0.6) is 0 Å². The van der Waals surface area contributed by atoms with Crippen molar-refractivity contribution in [2.45, 2.75) is 50.2 Å². The summed E-state index contributed by atoms with van der Waals surface area (Å²) in [4.78, 5) is 48.6. The number of imidazole rings is 1. The van der Waals surface area contributed by atoms with E-state index in [0.717, 1.165) is 32.2 Å². The fourth-order valence-corrected chi connectivity index (χ4v) is 6.75. The monoisotopic (exact) mass is 620 g/mol. The molecule has 0 aliphatic carbocycles. The Balaban J connectivity index is 1.62. The number of aliphatic hydroxyl groups excluding tert-OH is 2. The quantitative estimate of drug-likeness (QED) is 0.0904. The third-order valence-corrected chi connectivity index (χ3v) is 9.24. The van der Waals surface area contributed by atoms with Gasteiger partial charge in [-0.2, -0.15) is 8.62 Å². The van der Waals surface area contributed by atoms with E-state index in [1.165, 1.54) is 17.2 Å². The van der Waals surface area contributed by atoms with Crippen molar-refractivity contribution in [1.82, 2.24) is 24.8 Å². The number of hydrogen-bond donors (Lipinski definition) is 8. The average molecular weight is 620 g/mol. The standard InChI is InChI=1S/C17H31N6O13P3/c1-18-6-4-2-3-5-7-19-15-12-16(21-9-20-15)23(10-22-12)17-14(25)13(24)11(34-17)8-33-38(29,30)36-39(31,32)35-37(26,27)28/h9-11,13-14,17-18,24-25H,2-8H2,1H3,(H,29,30)(H,31,32)(H,19,20,21)(H2,26,27,28)/t11-,13?,14+,17-/m1/s1. The molecule has 222 valence electrons. The van der Waals surface area contributed by atoms with E-state index >= 15 is 0 Å². The first kappa shape index (κ1) is 32.1. The zero-order valence-corrected chi connectivity index (χ0v) is 23.3. The van der Waals surface area contributed by atoms with E-state index in [4.69, 9.17) is 14.5 Å². The van der Waals surface area contributed by atoms with E-state index in [9.17, 15) is 33.7 Å². The molecule has 2 aromatic rings. The number of unbranched alkanes of at least 4 members (excludes halogenated alkanes) is 3. The molecule has 6 atom stereocenters. The van der Waals surface area contributed by atoms with Gasteiger partial charge in [0.05, 0.1) is 12.9 Å². The van der Waals surface area contributed by atoms with Crippen molar-refractivity contribution in [2.75, 3.05) is 32.1 Å². The summed E-state index contributed by atoms with van der Waals surface area (Å²) in [5.41, 5.74) is 0.626. The topological polar surface area (TPSA) is 277 Å². The Bertz CT molecular complexity index is 1240. The Labute approximate surface area is 222 Å². The van der Waals surface area contributed by atoms with E-state index in [0.29, 0.717) is 17.9 Å². The summed E-state index contributed by atoms with van der Waals surface area (Å²) in [7, 11) is -14.8. The maximum Gasteiger partial charge on any atom is 0.490 e. The second kappa shape index (κ2) is 13.5. The molecule has 0 bridgehead atoms. The molecule has 3 unspecified atom stereocenters. The lowest BCUT2D eigenvalue weighted by atomic mass is 10.1. The van der Waals surface area contributed by atoms with Gasteiger partial charge in [-0.15, -0.1) is 0 Å². The van der Waals surface area contributed by atoms with Crippen LogP contribution in [0.3, 0.4) is 0 Å². The number of rotatable bonds is 16. The Morgan fingerprint density at radius 2 is 1.64 bits per heavy atom. The number of aliphatic hydroxyl groups is 2. The first-order valence-electron chi connectivity index (χ1n) is 11.6. The van der Waals surface area contributed by atoms with Crippen molar-refractivity contribution in [2.24, 2.45) is 0 Å². The molecule has 1 aliphatic rings. The van der Waals surface area contributed by atoms with Gasteiger partial charge < -0.3 is 45.2 Å². The van der Waals surface area contributed by atoms with Crippen LogP contribution in [0.25, 0.3) is 11.2 Å². The highest BCUT2D eigenvalue weighted by Gasteiger charge is 2.47. The molecule has 0 radical (unpaired) electrons. The molecular weight excluding hydrogens is 589 g/mol. The van der Waals surface area contributed by atoms with Crippen LogP contribution in [-0.4, -0.2) is 94.4 Å². The lowest BCUT2D eigenvalue weighted by Crippen LogP contribution is -2.33. The number of fused-ring (bicyclic) bond motifs is 1. The van der Waals surface area contributed by atoms with Crippen LogP contribution in [0, 0.1) is 0 Å². The fraction of sp³-hybridized carbons (Fsp3) is 0.706. The number of phosphoric acid groups is 3. The Hall–Kier alpha value is -1.40. The van der Waals surface area contributed by atoms with E-state index in [2.05, 4.69) is 38.7 Å². The number of phosphoric ester groups is 1. The molecule has 8 N–H and O–H groups in total. The van der Waals surface area contributed by atoms with Gasteiger partial charge in [0.2, 0.25) is 0 Å². The van der Waals surface area contributed by atoms with Gasteiger partial charge in [0.15, 0.2) is 23.2 Å². The largest absolute Gasteiger partial charge is 0.490 e. The van der Waals surface area contributed by atoms with Crippen molar-refractivity contribution in [3.63, 3.8) is 0 Å². The first-order chi connectivity index (χ1) is 18.2. The third kappa shape index (κ3) is 9.31. The van der Waals surface area contributed by atoms with Gasteiger partial charge in [-0.3, -0.25) is 9.09 Å². The molecule has 39 heavy (non-hydrogen) atoms. The smallest absolute Gasteiger partial charge is 0.387 e. The van der Waals surface area contributed by atoms with Gasteiger partial charge in [-0.1, -0.05) is 12.8 Å². The van der Waals surface area contributed by atoms with E-state index < -0.39 is 54.6 Å². The van der Waals surface area contributed by atoms with Crippen LogP contribution in [-0.2, 0) is 31.6 Å². The van der Waals surface area contributed by atoms with Crippen LogP contribution < -0.4 is 10.6 Å². The highest BCUT2D eigenvalue weighted by atomic mass is 31.3. The van der Waals surface area contributed by atoms with Crippen molar-refractivity contribution < 1.29 is 61.4 Å². The molecule has 0 spiro atoms. The second-order valence-electron chi connectivity index (χ2n) is 8.42. The summed E-state index contributed by atoms with van der Waals surface area (Å²) >= 11 is 0. The van der Waals surface area contributed by atoms with Crippen LogP contribution in [0.1, 0.15) is 31.9 Å². The van der Waals surface area contributed by atoms with Gasteiger partial charge in [-0.05, 0) is 26.4 Å². The predicted octanol–water partition coefficient (Wildman–Crippen LogP) is -0.0195. The SMILES string of the molecule is CNCCCCCCNc1ncnc2c1ncn2[C@@H]1O[C@H](COP(=O)(O)OP(=O)(O)OP(=O)(O)O)C(O)[C@@H]1O. The molecule has 1 saturated heterocycles. The Morgan fingerprint density at radius 3 is 2.31 bits per heavy atom. The van der Waals surface area contributed by atoms with E-state index in [-0.39, 0.29) is 5.65 Å². The van der Waals surface area contributed by atoms with Crippen molar-refractivity contribution in [3.8, 4) is 0 Å². The van der Waals surface area contributed by atoms with Crippen molar-refractivity contribution in [1.29, 1.82) is 0 Å². The number of anilines is 1. The van der Waals surface area contributed by atoms with Crippen LogP contribution in [0.2, 0.25) is 0 Å². The lowest BCUT2D eigenvalue weighted by molar-refractivity contribution is -0.0503. The minimum Gasteiger partial charge on any atom is -0.387 e. The Morgan fingerprint density at radius 1 is 0.949 bits per heavy atom. The summed E-state index contributed by atoms with van der Waals surface area (Å²) < 4.78 is 52.8. The molecule has 3 heterocycles. The molecule has 22 heteroatoms. The number of aromatic nitrogens is 4. The maximum absolute atomic E-state index is 12.0. The lowest BCUT2D eigenvalue weighted by Gasteiger charge is -2.19. The molecule has 1 fully saturated rings. The summed E-state index contributed by atoms with van der Waals surface area (Å²) in [6.45, 7) is 0.657. The first-order valence-corrected chi connectivity index (χ1v) is 16.1. The number of nitrogens with one attached hydrogen (secondary N) is 2. The fourth-order valence-electron chi connectivity index (χ4n) is 3.72. The average Bonchev–Trinajstić information content (AvgIpc) is 3.36. The van der Waals surface area contributed by atoms with Gasteiger partial charge in [0.1, 0.15) is 24.6 Å². The molecule has 0 aromatic carbocycles. The summed E-state index contributed by atoms with van der Waals surface area (Å²) in [6.07, 6.45) is 0.707. The molecule has 0 saturated carbocycles. The van der Waals surface area contributed by atoms with Crippen LogP contribution in [0.15, 0.2) is 12.7 Å². The van der Waals surface area contributed by atoms with E-state index in [1.807, 2.05) is 7.05 Å².